The molecule has 0 radical (unpaired) electrons. The summed E-state index contributed by atoms with van der Waals surface area (Å²) < 4.78 is 36.3. The van der Waals surface area contributed by atoms with E-state index in [-0.39, 0.29) is 16.5 Å². The summed E-state index contributed by atoms with van der Waals surface area (Å²) in [4.78, 5) is 16.3. The van der Waals surface area contributed by atoms with Crippen molar-refractivity contribution in [2.24, 2.45) is 0 Å². The van der Waals surface area contributed by atoms with Gasteiger partial charge in [-0.05, 0) is 38.0 Å². The van der Waals surface area contributed by atoms with Gasteiger partial charge in [0.05, 0.1) is 0 Å². The van der Waals surface area contributed by atoms with E-state index in [1.54, 1.807) is 13.8 Å². The van der Waals surface area contributed by atoms with E-state index >= 15 is 0 Å². The quantitative estimate of drug-likeness (QED) is 0.724. The molecule has 130 valence electrons. The van der Waals surface area contributed by atoms with Crippen LogP contribution in [0.1, 0.15) is 46.6 Å². The van der Waals surface area contributed by atoms with Crippen molar-refractivity contribution < 1.29 is 22.7 Å². The van der Waals surface area contributed by atoms with Crippen molar-refractivity contribution in [1.82, 2.24) is 4.98 Å². The highest BCUT2D eigenvalue weighted by atomic mass is 28.4. The second-order valence-electron chi connectivity index (χ2n) is 7.49. The van der Waals surface area contributed by atoms with Crippen LogP contribution in [0.4, 0.5) is 8.78 Å². The van der Waals surface area contributed by atoms with E-state index in [9.17, 15) is 13.6 Å². The van der Waals surface area contributed by atoms with Crippen molar-refractivity contribution in [2.45, 2.75) is 64.8 Å². The Hall–Kier alpha value is -1.50. The first-order valence-corrected chi connectivity index (χ1v) is 10.3. The number of alkyl halides is 2. The number of rotatable bonds is 5. The largest absolute Gasteiger partial charge is 0.516 e. The monoisotopic (exact) mass is 345 g/mol. The molecule has 0 aromatic carbocycles. The summed E-state index contributed by atoms with van der Waals surface area (Å²) in [5.74, 6) is -0.379. The van der Waals surface area contributed by atoms with Crippen LogP contribution in [0, 0.1) is 0 Å². The van der Waals surface area contributed by atoms with E-state index in [4.69, 9.17) is 9.16 Å². The Balaban J connectivity index is 2.84. The van der Waals surface area contributed by atoms with Crippen molar-refractivity contribution in [1.29, 1.82) is 0 Å². The number of ether oxygens (including phenoxy) is 1. The van der Waals surface area contributed by atoms with Crippen LogP contribution in [-0.4, -0.2) is 24.9 Å². The van der Waals surface area contributed by atoms with Crippen LogP contribution in [0.3, 0.4) is 0 Å². The topological polar surface area (TPSA) is 48.4 Å². The normalized spacial score (nSPS) is 13.1. The molecular formula is C16H25F2NO3Si. The van der Waals surface area contributed by atoms with Crippen LogP contribution >= 0.6 is 0 Å². The van der Waals surface area contributed by atoms with Crippen LogP contribution in [0.25, 0.3) is 0 Å². The Labute approximate surface area is 137 Å². The maximum atomic E-state index is 12.5. The van der Waals surface area contributed by atoms with Gasteiger partial charge in [-0.1, -0.05) is 20.8 Å². The van der Waals surface area contributed by atoms with Gasteiger partial charge in [-0.25, -0.2) is 18.6 Å². The number of pyridine rings is 1. The minimum Gasteiger partial charge on any atom is -0.516 e. The lowest BCUT2D eigenvalue weighted by Gasteiger charge is -2.37. The van der Waals surface area contributed by atoms with E-state index in [1.807, 2.05) is 33.9 Å². The maximum absolute atomic E-state index is 12.5. The second-order valence-corrected chi connectivity index (χ2v) is 12.2. The van der Waals surface area contributed by atoms with Crippen LogP contribution in [-0.2, 0) is 9.22 Å². The molecule has 1 aromatic heterocycles. The highest BCUT2D eigenvalue weighted by molar-refractivity contribution is 6.75. The molecular weight excluding hydrogens is 320 g/mol. The number of carbonyl (C=O) groups is 1. The van der Waals surface area contributed by atoms with Gasteiger partial charge in [0.2, 0.25) is 11.5 Å². The fourth-order valence-corrected chi connectivity index (χ4v) is 2.41. The highest BCUT2D eigenvalue weighted by Gasteiger charge is 2.44. The smallest absolute Gasteiger partial charge is 0.336 e. The molecule has 0 fully saturated rings. The molecule has 7 heteroatoms. The Morgan fingerprint density at radius 1 is 1.17 bits per heavy atom. The number of halogens is 2. The number of hydrogen-bond acceptors (Lipinski definition) is 4. The van der Waals surface area contributed by atoms with Gasteiger partial charge >= 0.3 is 5.97 Å². The minimum atomic E-state index is -2.59. The fraction of sp³-hybridized carbons (Fsp3) is 0.625. The van der Waals surface area contributed by atoms with Gasteiger partial charge in [0, 0.05) is 17.8 Å². The summed E-state index contributed by atoms with van der Waals surface area (Å²) in [5, 5.41) is -0.115. The molecule has 0 aliphatic rings. The molecule has 0 atom stereocenters. The Kier molecular flexibility index (Phi) is 5.56. The third kappa shape index (κ3) is 4.99. The first-order valence-electron chi connectivity index (χ1n) is 7.43. The standard InChI is InChI=1S/C16H25F2NO3Si/c1-15(2,3)23(6,7)22-14(20)16(4,5)21-12-9-8-11(10-19-12)13(17)18/h8-10,13H,1-7H3. The lowest BCUT2D eigenvalue weighted by Crippen LogP contribution is -2.49. The molecule has 0 aliphatic heterocycles. The van der Waals surface area contributed by atoms with E-state index in [1.165, 1.54) is 12.1 Å². The van der Waals surface area contributed by atoms with E-state index < -0.39 is 26.3 Å². The summed E-state index contributed by atoms with van der Waals surface area (Å²) in [7, 11) is -2.27. The molecule has 0 saturated heterocycles. The van der Waals surface area contributed by atoms with Crippen LogP contribution < -0.4 is 4.74 Å². The minimum absolute atomic E-state index is 0.103. The molecule has 0 saturated carbocycles. The number of carbonyl (C=O) groups excluding carboxylic acids is 1. The lowest BCUT2D eigenvalue weighted by atomic mass is 10.1. The summed E-state index contributed by atoms with van der Waals surface area (Å²) in [6.07, 6.45) is -1.55. The number of aromatic nitrogens is 1. The van der Waals surface area contributed by atoms with Gasteiger partial charge in [-0.2, -0.15) is 0 Å². The molecule has 0 spiro atoms. The first-order chi connectivity index (χ1) is 10.3. The van der Waals surface area contributed by atoms with Crippen molar-refractivity contribution in [2.75, 3.05) is 0 Å². The Morgan fingerprint density at radius 2 is 1.74 bits per heavy atom. The molecule has 0 N–H and O–H groups in total. The fourth-order valence-electron chi connectivity index (χ4n) is 1.39. The Morgan fingerprint density at radius 3 is 2.13 bits per heavy atom. The zero-order valence-corrected chi connectivity index (χ0v) is 15.7. The number of hydrogen-bond donors (Lipinski definition) is 0. The summed E-state index contributed by atoms with van der Waals surface area (Å²) in [6, 6.07) is 2.55. The van der Waals surface area contributed by atoms with Gasteiger partial charge < -0.3 is 9.16 Å². The molecule has 1 aromatic rings. The molecule has 0 aliphatic carbocycles. The average molecular weight is 345 g/mol. The van der Waals surface area contributed by atoms with E-state index in [2.05, 4.69) is 4.98 Å². The summed E-state index contributed by atoms with van der Waals surface area (Å²) in [5.41, 5.74) is -1.45. The van der Waals surface area contributed by atoms with Gasteiger partial charge in [-0.15, -0.1) is 0 Å². The van der Waals surface area contributed by atoms with Gasteiger partial charge in [0.15, 0.2) is 0 Å². The third-order valence-corrected chi connectivity index (χ3v) is 8.32. The molecule has 0 amide bonds. The highest BCUT2D eigenvalue weighted by Crippen LogP contribution is 2.37. The zero-order chi connectivity index (χ0) is 18.1. The van der Waals surface area contributed by atoms with Crippen molar-refractivity contribution in [3.63, 3.8) is 0 Å². The average Bonchev–Trinajstić information content (AvgIpc) is 2.36. The van der Waals surface area contributed by atoms with Crippen LogP contribution in [0.5, 0.6) is 5.88 Å². The van der Waals surface area contributed by atoms with Crippen molar-refractivity contribution in [3.05, 3.63) is 23.9 Å². The summed E-state index contributed by atoms with van der Waals surface area (Å²) >= 11 is 0. The first kappa shape index (κ1) is 19.5. The van der Waals surface area contributed by atoms with Gasteiger partial charge in [-0.3, -0.25) is 0 Å². The van der Waals surface area contributed by atoms with Gasteiger partial charge in [0.1, 0.15) is 0 Å². The SMILES string of the molecule is CC(C)(Oc1ccc(C(F)F)cn1)C(=O)O[Si](C)(C)C(C)(C)C. The summed E-state index contributed by atoms with van der Waals surface area (Å²) in [6.45, 7) is 13.2. The molecule has 0 unspecified atom stereocenters. The predicted molar refractivity (Wildman–Crippen MR) is 87.2 cm³/mol. The Bertz CT molecular complexity index is 551. The number of nitrogens with zero attached hydrogens (tertiary/aromatic N) is 1. The molecule has 1 heterocycles. The van der Waals surface area contributed by atoms with Gasteiger partial charge in [0.25, 0.3) is 14.7 Å². The van der Waals surface area contributed by atoms with E-state index in [0.717, 1.165) is 6.20 Å². The molecule has 4 nitrogen and oxygen atoms in total. The van der Waals surface area contributed by atoms with E-state index in [0.29, 0.717) is 0 Å². The maximum Gasteiger partial charge on any atom is 0.336 e. The van der Waals surface area contributed by atoms with Crippen molar-refractivity contribution in [3.8, 4) is 5.88 Å². The van der Waals surface area contributed by atoms with Crippen LogP contribution in [0.2, 0.25) is 18.1 Å². The zero-order valence-electron chi connectivity index (χ0n) is 14.7. The molecule has 0 bridgehead atoms. The van der Waals surface area contributed by atoms with Crippen molar-refractivity contribution >= 4 is 14.3 Å². The molecule has 23 heavy (non-hydrogen) atoms. The molecule has 1 rings (SSSR count). The second kappa shape index (κ2) is 6.55. The lowest BCUT2D eigenvalue weighted by molar-refractivity contribution is -0.150. The van der Waals surface area contributed by atoms with Crippen LogP contribution in [0.15, 0.2) is 18.3 Å². The third-order valence-electron chi connectivity index (χ3n) is 4.02. The predicted octanol–water partition coefficient (Wildman–Crippen LogP) is 4.73.